The molecule has 4 heterocycles. The lowest BCUT2D eigenvalue weighted by molar-refractivity contribution is 0.131. The predicted molar refractivity (Wildman–Crippen MR) is 148 cm³/mol. The summed E-state index contributed by atoms with van der Waals surface area (Å²) in [6.07, 6.45) is 5.23. The van der Waals surface area contributed by atoms with Crippen LogP contribution < -0.4 is 9.47 Å². The average molecular weight is 520 g/mol. The van der Waals surface area contributed by atoms with Crippen LogP contribution in [0.2, 0.25) is 0 Å². The molecule has 0 spiro atoms. The lowest BCUT2D eigenvalue weighted by Gasteiger charge is -2.26. The third kappa shape index (κ3) is 5.19. The van der Waals surface area contributed by atoms with Crippen LogP contribution in [0.1, 0.15) is 51.6 Å². The molecule has 4 aromatic rings. The van der Waals surface area contributed by atoms with Crippen LogP contribution in [-0.4, -0.2) is 71.2 Å². The summed E-state index contributed by atoms with van der Waals surface area (Å²) in [6.45, 7) is 12.5. The molecule has 1 aliphatic heterocycles. The Morgan fingerprint density at radius 1 is 1.24 bits per heavy atom. The van der Waals surface area contributed by atoms with Gasteiger partial charge < -0.3 is 14.6 Å². The number of ether oxygens (including phenoxy) is 2. The number of nitrogens with zero attached hydrogens (tertiary/aromatic N) is 6. The number of likely N-dealkylation sites (N-methyl/N-ethyl adjacent to an activating group) is 1. The van der Waals surface area contributed by atoms with E-state index in [-0.39, 0.29) is 12.2 Å². The van der Waals surface area contributed by atoms with Gasteiger partial charge in [0.1, 0.15) is 6.10 Å². The number of fused-ring (bicyclic) bond motifs is 4. The van der Waals surface area contributed by atoms with E-state index < -0.39 is 6.10 Å². The van der Waals surface area contributed by atoms with E-state index >= 15 is 0 Å². The molecule has 5 rings (SSSR count). The van der Waals surface area contributed by atoms with Crippen LogP contribution in [0.25, 0.3) is 34.2 Å². The highest BCUT2D eigenvalue weighted by molar-refractivity contribution is 5.93. The Morgan fingerprint density at radius 2 is 2.05 bits per heavy atom. The van der Waals surface area contributed by atoms with Gasteiger partial charge in [-0.3, -0.25) is 14.7 Å². The molecular weight excluding hydrogens is 482 g/mol. The Balaban J connectivity index is 1.70. The molecule has 0 fully saturated rings. The fourth-order valence-electron chi connectivity index (χ4n) is 4.90. The van der Waals surface area contributed by atoms with Gasteiger partial charge in [-0.1, -0.05) is 13.0 Å². The van der Waals surface area contributed by atoms with Crippen molar-refractivity contribution in [2.24, 2.45) is 7.05 Å². The minimum absolute atomic E-state index is 0.0441. The molecule has 10 nitrogen and oxygen atoms in total. The lowest BCUT2D eigenvalue weighted by Crippen LogP contribution is -2.35. The number of rotatable bonds is 5. The summed E-state index contributed by atoms with van der Waals surface area (Å²) in [6, 6.07) is 6.18. The Hall–Kier alpha value is -3.63. The van der Waals surface area contributed by atoms with Crippen molar-refractivity contribution >= 4 is 23.1 Å². The Morgan fingerprint density at radius 3 is 2.79 bits per heavy atom. The van der Waals surface area contributed by atoms with Gasteiger partial charge in [0, 0.05) is 25.5 Å². The zero-order chi connectivity index (χ0) is 27.0. The van der Waals surface area contributed by atoms with Gasteiger partial charge >= 0.3 is 0 Å². The number of hydrogen-bond donors (Lipinski definition) is 2. The summed E-state index contributed by atoms with van der Waals surface area (Å²) >= 11 is 0. The van der Waals surface area contributed by atoms with E-state index in [9.17, 15) is 5.11 Å². The molecule has 38 heavy (non-hydrogen) atoms. The molecule has 10 heteroatoms. The third-order valence-corrected chi connectivity index (χ3v) is 6.69. The summed E-state index contributed by atoms with van der Waals surface area (Å²) < 4.78 is 16.3. The number of aliphatic hydroxyl groups is 1. The van der Waals surface area contributed by atoms with E-state index in [2.05, 4.69) is 46.2 Å². The van der Waals surface area contributed by atoms with Gasteiger partial charge in [-0.2, -0.15) is 10.2 Å². The monoisotopic (exact) mass is 519 g/mol. The third-order valence-electron chi connectivity index (χ3n) is 6.69. The van der Waals surface area contributed by atoms with E-state index in [1.165, 1.54) is 0 Å². The molecule has 0 aliphatic carbocycles. The summed E-state index contributed by atoms with van der Waals surface area (Å²) in [5.41, 5.74) is 5.59. The van der Waals surface area contributed by atoms with Crippen LogP contribution in [0.15, 0.2) is 24.4 Å². The summed E-state index contributed by atoms with van der Waals surface area (Å²) in [5, 5.41) is 28.2. The van der Waals surface area contributed by atoms with E-state index in [1.54, 1.807) is 11.6 Å². The number of aliphatic hydroxyl groups excluding tert-OH is 1. The quantitative estimate of drug-likeness (QED) is 0.409. The molecule has 2 atom stereocenters. The van der Waals surface area contributed by atoms with Gasteiger partial charge in [-0.25, -0.2) is 4.68 Å². The maximum absolute atomic E-state index is 10.2. The number of aryl methyl sites for hydroxylation is 1. The summed E-state index contributed by atoms with van der Waals surface area (Å²) in [7, 11) is 1.90. The van der Waals surface area contributed by atoms with Crippen molar-refractivity contribution in [3.63, 3.8) is 0 Å². The van der Waals surface area contributed by atoms with Gasteiger partial charge in [-0.05, 0) is 64.1 Å². The molecule has 1 aliphatic rings. The van der Waals surface area contributed by atoms with E-state index in [4.69, 9.17) is 14.6 Å². The molecule has 0 unspecified atom stereocenters. The predicted octanol–water partition coefficient (Wildman–Crippen LogP) is 4.10. The summed E-state index contributed by atoms with van der Waals surface area (Å²) in [4.78, 5) is 2.32. The van der Waals surface area contributed by atoms with Crippen molar-refractivity contribution in [3.05, 3.63) is 41.3 Å². The molecule has 2 N–H and O–H groups in total. The van der Waals surface area contributed by atoms with Crippen LogP contribution in [0.5, 0.6) is 11.8 Å². The standard InChI is InChI=1S/C28H37N7O3/c1-7-34-15-19(5)38-28-23(13-29-33(28)6)20-8-10-24-22(12-20)25(31-30-24)11-9-21-26(16-34)35(14-18(4)36)32-27(21)37-17(2)3/h8-13,17-19,36H,7,14-16H2,1-6H3,(H,30,31)/b11-9+/t18-,19-/m0/s1. The largest absolute Gasteiger partial charge is 0.473 e. The zero-order valence-corrected chi connectivity index (χ0v) is 23.0. The molecule has 0 amide bonds. The number of H-pyrrole nitrogens is 1. The van der Waals surface area contributed by atoms with Crippen molar-refractivity contribution in [1.82, 2.24) is 34.7 Å². The second-order valence-corrected chi connectivity index (χ2v) is 10.3. The summed E-state index contributed by atoms with van der Waals surface area (Å²) in [5.74, 6) is 1.29. The van der Waals surface area contributed by atoms with Crippen molar-refractivity contribution < 1.29 is 14.6 Å². The van der Waals surface area contributed by atoms with E-state index in [1.807, 2.05) is 50.0 Å². The first-order chi connectivity index (χ1) is 18.2. The average Bonchev–Trinajstić information content (AvgIpc) is 3.52. The highest BCUT2D eigenvalue weighted by Crippen LogP contribution is 2.34. The topological polar surface area (TPSA) is 106 Å². The van der Waals surface area contributed by atoms with Crippen LogP contribution >= 0.6 is 0 Å². The number of nitrogens with one attached hydrogen (secondary N) is 1. The molecular formula is C28H37N7O3. The maximum atomic E-state index is 10.2. The number of benzene rings is 1. The first-order valence-corrected chi connectivity index (χ1v) is 13.3. The van der Waals surface area contributed by atoms with Gasteiger partial charge in [0.25, 0.3) is 0 Å². The molecule has 202 valence electrons. The van der Waals surface area contributed by atoms with Crippen molar-refractivity contribution in [2.75, 3.05) is 13.1 Å². The molecule has 3 aromatic heterocycles. The minimum Gasteiger partial charge on any atom is -0.473 e. The second-order valence-electron chi connectivity index (χ2n) is 10.3. The number of hydrogen-bond acceptors (Lipinski definition) is 7. The van der Waals surface area contributed by atoms with Gasteiger partial charge in [0.2, 0.25) is 11.8 Å². The number of aromatic nitrogens is 6. The highest BCUT2D eigenvalue weighted by atomic mass is 16.5. The SMILES string of the molecule is CCN1Cc2c(c(OC(C)C)nn2C[C@H](C)O)/C=C/c2[nH]nc3ccc(cc23)-c2cnn(C)c2O[C@@H](C)C1. The van der Waals surface area contributed by atoms with Gasteiger partial charge in [0.15, 0.2) is 0 Å². The lowest BCUT2D eigenvalue weighted by atomic mass is 10.1. The molecule has 1 aromatic carbocycles. The minimum atomic E-state index is -0.554. The van der Waals surface area contributed by atoms with E-state index in [0.717, 1.165) is 51.4 Å². The Bertz CT molecular complexity index is 1450. The van der Waals surface area contributed by atoms with Gasteiger partial charge in [0.05, 0.1) is 53.0 Å². The molecule has 0 saturated carbocycles. The highest BCUT2D eigenvalue weighted by Gasteiger charge is 2.24. The molecule has 0 saturated heterocycles. The maximum Gasteiger partial charge on any atom is 0.240 e. The first-order valence-electron chi connectivity index (χ1n) is 13.3. The van der Waals surface area contributed by atoms with Crippen molar-refractivity contribution in [3.8, 4) is 22.9 Å². The normalized spacial score (nSPS) is 18.1. The van der Waals surface area contributed by atoms with Crippen LogP contribution in [0, 0.1) is 0 Å². The van der Waals surface area contributed by atoms with E-state index in [0.29, 0.717) is 25.5 Å². The van der Waals surface area contributed by atoms with Crippen molar-refractivity contribution in [1.29, 1.82) is 0 Å². The van der Waals surface area contributed by atoms with Crippen LogP contribution in [0.3, 0.4) is 0 Å². The molecule has 2 bridgehead atoms. The van der Waals surface area contributed by atoms with Crippen molar-refractivity contribution in [2.45, 2.75) is 66.0 Å². The molecule has 0 radical (unpaired) electrons. The second kappa shape index (κ2) is 10.6. The number of aromatic amines is 1. The Kier molecular flexibility index (Phi) is 7.27. The zero-order valence-electron chi connectivity index (χ0n) is 23.0. The Labute approximate surface area is 222 Å². The van der Waals surface area contributed by atoms with Crippen LogP contribution in [0.4, 0.5) is 0 Å². The smallest absolute Gasteiger partial charge is 0.240 e. The fraction of sp³-hybridized carbons (Fsp3) is 0.464. The van der Waals surface area contributed by atoms with Gasteiger partial charge in [-0.15, -0.1) is 5.10 Å². The fourth-order valence-corrected chi connectivity index (χ4v) is 4.90. The first kappa shape index (κ1) is 26.0. The van der Waals surface area contributed by atoms with Crippen LogP contribution in [-0.2, 0) is 20.1 Å².